The zero-order valence-electron chi connectivity index (χ0n) is 31.0. The number of ether oxygens (including phenoxy) is 3. The van der Waals surface area contributed by atoms with Crippen LogP contribution in [0.5, 0.6) is 0 Å². The van der Waals surface area contributed by atoms with Gasteiger partial charge in [0.25, 0.3) is 0 Å². The van der Waals surface area contributed by atoms with Crippen LogP contribution < -0.4 is 0 Å². The summed E-state index contributed by atoms with van der Waals surface area (Å²) in [6.07, 6.45) is -4.57. The lowest BCUT2D eigenvalue weighted by Crippen LogP contribution is -2.84. The Balaban J connectivity index is 2.14. The molecule has 270 valence electrons. The summed E-state index contributed by atoms with van der Waals surface area (Å²) in [6, 6.07) is 2.55. The molecular formula is C35H62O10Si2. The van der Waals surface area contributed by atoms with Gasteiger partial charge in [0.2, 0.25) is 0 Å². The van der Waals surface area contributed by atoms with Crippen LogP contribution in [0.25, 0.3) is 0 Å². The second kappa shape index (κ2) is 12.2. The first kappa shape index (κ1) is 38.5. The standard InChI is InChI=1S/C35H62O10Si2/c1-14-47(15-2,16-3)45-24-18-17-22(4)25-27-34(44-29(38)43-27)20-19-32(11,39)35(40,31(34,9)10)28(42-23(5)36)26(37)33(24,25)21-41-46(12,13)30(6,7)8/h24-28,37,39-40H,4,14-21H2,1-3,5-13H3/t24-,25-,26+,27-,28-,32+,33+,34+,35-/m0/s1. The Labute approximate surface area is 284 Å². The van der Waals surface area contributed by atoms with Crippen LogP contribution in [-0.2, 0) is 27.9 Å². The molecule has 3 N–H and O–H groups in total. The first-order valence-electron chi connectivity index (χ1n) is 17.6. The first-order valence-corrected chi connectivity index (χ1v) is 23.0. The zero-order chi connectivity index (χ0) is 35.8. The quantitative estimate of drug-likeness (QED) is 0.144. The Morgan fingerprint density at radius 3 is 2.15 bits per heavy atom. The van der Waals surface area contributed by atoms with Crippen molar-refractivity contribution in [1.82, 2.24) is 0 Å². The Morgan fingerprint density at radius 2 is 1.64 bits per heavy atom. The highest BCUT2D eigenvalue weighted by Gasteiger charge is 2.82. The monoisotopic (exact) mass is 698 g/mol. The number of hydrogen-bond donors (Lipinski definition) is 3. The minimum Gasteiger partial charge on any atom is -0.457 e. The average Bonchev–Trinajstić information content (AvgIpc) is 3.31. The van der Waals surface area contributed by atoms with E-state index in [2.05, 4.69) is 61.2 Å². The molecule has 47 heavy (non-hydrogen) atoms. The van der Waals surface area contributed by atoms with Gasteiger partial charge in [0.1, 0.15) is 11.7 Å². The molecule has 3 saturated carbocycles. The minimum absolute atomic E-state index is 0.00528. The second-order valence-corrected chi connectivity index (χ2v) is 26.6. The minimum atomic E-state index is -2.51. The summed E-state index contributed by atoms with van der Waals surface area (Å²) < 4.78 is 32.8. The van der Waals surface area contributed by atoms with Crippen LogP contribution in [0.4, 0.5) is 4.79 Å². The maximum absolute atomic E-state index is 13.4. The van der Waals surface area contributed by atoms with Crippen LogP contribution in [0.3, 0.4) is 0 Å². The maximum Gasteiger partial charge on any atom is 0.509 e. The van der Waals surface area contributed by atoms with E-state index >= 15 is 0 Å². The number of carbonyl (C=O) groups excluding carboxylic acids is 2. The smallest absolute Gasteiger partial charge is 0.457 e. The molecule has 0 aromatic heterocycles. The van der Waals surface area contributed by atoms with E-state index in [-0.39, 0.29) is 24.5 Å². The summed E-state index contributed by atoms with van der Waals surface area (Å²) in [5.74, 6) is -1.47. The number of carbonyl (C=O) groups is 2. The Morgan fingerprint density at radius 1 is 1.06 bits per heavy atom. The van der Waals surface area contributed by atoms with Gasteiger partial charge >= 0.3 is 12.1 Å². The summed E-state index contributed by atoms with van der Waals surface area (Å²) in [5.41, 5.74) is -7.77. The van der Waals surface area contributed by atoms with Crippen molar-refractivity contribution >= 4 is 28.8 Å². The zero-order valence-corrected chi connectivity index (χ0v) is 33.0. The van der Waals surface area contributed by atoms with Crippen molar-refractivity contribution in [3.63, 3.8) is 0 Å². The molecular weight excluding hydrogens is 637 g/mol. The molecule has 1 saturated heterocycles. The molecule has 1 heterocycles. The Kier molecular flexibility index (Phi) is 9.99. The molecule has 0 radical (unpaired) electrons. The van der Waals surface area contributed by atoms with E-state index in [0.29, 0.717) is 12.8 Å². The largest absolute Gasteiger partial charge is 0.509 e. The number of aliphatic hydroxyl groups excluding tert-OH is 1. The molecule has 0 aromatic rings. The third-order valence-electron chi connectivity index (χ3n) is 13.8. The third-order valence-corrected chi connectivity index (χ3v) is 22.9. The molecule has 4 fully saturated rings. The van der Waals surface area contributed by atoms with Crippen LogP contribution >= 0.6 is 0 Å². The lowest BCUT2D eigenvalue weighted by molar-refractivity contribution is -0.354. The molecule has 1 spiro atoms. The Bertz CT molecular complexity index is 1230. The fraction of sp³-hybridized carbons (Fsp3) is 0.886. The molecule has 9 atom stereocenters. The van der Waals surface area contributed by atoms with Crippen molar-refractivity contribution < 1.29 is 48.0 Å². The Hall–Kier alpha value is -1.29. The number of rotatable bonds is 9. The summed E-state index contributed by atoms with van der Waals surface area (Å²) in [4.78, 5) is 26.4. The highest BCUT2D eigenvalue weighted by molar-refractivity contribution is 6.74. The predicted molar refractivity (Wildman–Crippen MR) is 184 cm³/mol. The molecule has 12 heteroatoms. The molecule has 10 nitrogen and oxygen atoms in total. The predicted octanol–water partition coefficient (Wildman–Crippen LogP) is 6.23. The number of hydrogen-bond acceptors (Lipinski definition) is 10. The van der Waals surface area contributed by atoms with E-state index in [1.807, 2.05) is 0 Å². The van der Waals surface area contributed by atoms with Crippen LogP contribution in [0.1, 0.15) is 94.9 Å². The van der Waals surface area contributed by atoms with E-state index in [1.165, 1.54) is 13.8 Å². The van der Waals surface area contributed by atoms with Gasteiger partial charge in [-0.05, 0) is 68.9 Å². The van der Waals surface area contributed by atoms with Gasteiger partial charge in [-0.25, -0.2) is 4.79 Å². The van der Waals surface area contributed by atoms with E-state index in [4.69, 9.17) is 23.1 Å². The molecule has 3 aliphatic carbocycles. The molecule has 0 amide bonds. The molecule has 4 rings (SSSR count). The van der Waals surface area contributed by atoms with Crippen LogP contribution in [0.2, 0.25) is 36.3 Å². The molecule has 4 aliphatic rings. The topological polar surface area (TPSA) is 141 Å². The van der Waals surface area contributed by atoms with E-state index in [0.717, 1.165) is 23.7 Å². The van der Waals surface area contributed by atoms with Crippen molar-refractivity contribution in [2.75, 3.05) is 6.61 Å². The maximum atomic E-state index is 13.4. The molecule has 0 unspecified atom stereocenters. The van der Waals surface area contributed by atoms with Crippen LogP contribution in [0.15, 0.2) is 12.2 Å². The number of aliphatic hydroxyl groups is 3. The van der Waals surface area contributed by atoms with Gasteiger partial charge in [-0.3, -0.25) is 4.79 Å². The molecule has 1 aliphatic heterocycles. The van der Waals surface area contributed by atoms with E-state index in [9.17, 15) is 24.9 Å². The highest BCUT2D eigenvalue weighted by atomic mass is 28.4. The summed E-state index contributed by atoms with van der Waals surface area (Å²) in [7, 11) is -4.88. The highest BCUT2D eigenvalue weighted by Crippen LogP contribution is 2.68. The normalized spacial score (nSPS) is 40.4. The van der Waals surface area contributed by atoms with Crippen molar-refractivity contribution in [2.45, 2.75) is 172 Å². The molecule has 2 bridgehead atoms. The van der Waals surface area contributed by atoms with Crippen LogP contribution in [-0.4, -0.2) is 91.9 Å². The summed E-state index contributed by atoms with van der Waals surface area (Å²) in [5, 5.41) is 38.3. The van der Waals surface area contributed by atoms with Crippen LogP contribution in [0, 0.1) is 16.7 Å². The number of fused-ring (bicyclic) bond motifs is 3. The van der Waals surface area contributed by atoms with E-state index < -0.39 is 86.7 Å². The number of esters is 1. The van der Waals surface area contributed by atoms with Gasteiger partial charge in [-0.2, -0.15) is 0 Å². The van der Waals surface area contributed by atoms with Gasteiger partial charge in [-0.15, -0.1) is 0 Å². The first-order chi connectivity index (χ1) is 21.4. The molecule has 0 aromatic carbocycles. The van der Waals surface area contributed by atoms with Crippen molar-refractivity contribution in [2.24, 2.45) is 16.7 Å². The summed E-state index contributed by atoms with van der Waals surface area (Å²) >= 11 is 0. The second-order valence-electron chi connectivity index (χ2n) is 17.1. The van der Waals surface area contributed by atoms with Gasteiger partial charge in [0.05, 0.1) is 17.1 Å². The lowest BCUT2D eigenvalue weighted by Gasteiger charge is -2.69. The van der Waals surface area contributed by atoms with Gasteiger partial charge in [-0.1, -0.05) is 67.5 Å². The SMILES string of the molecule is C=C1CC[C@H](O[Si](CC)(CC)CC)[C@@]2(CO[Si](C)(C)C(C)(C)C)[C@H](O)[C@H](OC(C)=O)[C@]3(O)C(C)(C)[C@]4(CC[C@@]3(C)O)OC(=O)O[C@H]4[C@H]12. The van der Waals surface area contributed by atoms with Crippen molar-refractivity contribution in [3.8, 4) is 0 Å². The summed E-state index contributed by atoms with van der Waals surface area (Å²) in [6.45, 7) is 27.7. The van der Waals surface area contributed by atoms with Crippen molar-refractivity contribution in [3.05, 3.63) is 12.2 Å². The van der Waals surface area contributed by atoms with Gasteiger partial charge < -0.3 is 38.4 Å². The van der Waals surface area contributed by atoms with E-state index in [1.54, 1.807) is 13.8 Å². The van der Waals surface area contributed by atoms with Crippen molar-refractivity contribution in [1.29, 1.82) is 0 Å². The van der Waals surface area contributed by atoms with Gasteiger partial charge in [0.15, 0.2) is 34.4 Å². The third kappa shape index (κ3) is 5.42. The lowest BCUT2D eigenvalue weighted by atomic mass is 9.42. The fourth-order valence-corrected chi connectivity index (χ4v) is 13.3. The average molecular weight is 699 g/mol. The fourth-order valence-electron chi connectivity index (χ4n) is 9.32. The van der Waals surface area contributed by atoms with Gasteiger partial charge in [0, 0.05) is 24.9 Å².